The Morgan fingerprint density at radius 3 is 2.25 bits per heavy atom. The van der Waals surface area contributed by atoms with E-state index in [1.54, 1.807) is 0 Å². The first-order valence-corrected chi connectivity index (χ1v) is 8.53. The Hall–Kier alpha value is -2.33. The van der Waals surface area contributed by atoms with Crippen LogP contribution in [0.3, 0.4) is 0 Å². The minimum absolute atomic E-state index is 0.281. The predicted molar refractivity (Wildman–Crippen MR) is 101 cm³/mol. The summed E-state index contributed by atoms with van der Waals surface area (Å²) >= 11 is 0. The Bertz CT molecular complexity index is 646. The molecule has 1 atom stereocenters. The topological polar surface area (TPSA) is 70.6 Å². The molecule has 0 heterocycles. The molecule has 0 saturated heterocycles. The van der Waals surface area contributed by atoms with Gasteiger partial charge in [0, 0.05) is 12.1 Å². The van der Waals surface area contributed by atoms with E-state index in [4.69, 9.17) is 5.73 Å². The average Bonchev–Trinajstić information content (AvgIpc) is 2.61. The molecule has 0 fully saturated rings. The molecule has 4 N–H and O–H groups in total. The van der Waals surface area contributed by atoms with Crippen molar-refractivity contribution >= 4 is 11.6 Å². The van der Waals surface area contributed by atoms with Gasteiger partial charge < -0.3 is 16.2 Å². The lowest BCUT2D eigenvalue weighted by atomic mass is 10.0. The minimum atomic E-state index is -0.542. The Balaban J connectivity index is 1.99. The predicted octanol–water partition coefficient (Wildman–Crippen LogP) is 3.14. The van der Waals surface area contributed by atoms with Crippen LogP contribution >= 0.6 is 0 Å². The highest BCUT2D eigenvalue weighted by molar-refractivity contribution is 5.93. The first-order valence-electron chi connectivity index (χ1n) is 8.53. The summed E-state index contributed by atoms with van der Waals surface area (Å²) in [5.41, 5.74) is 10.6. The molecule has 0 amide bonds. The van der Waals surface area contributed by atoms with Crippen molar-refractivity contribution in [1.82, 2.24) is 0 Å². The van der Waals surface area contributed by atoms with Gasteiger partial charge in [0.1, 0.15) is 0 Å². The van der Waals surface area contributed by atoms with Crippen LogP contribution in [0.5, 0.6) is 0 Å². The highest BCUT2D eigenvalue weighted by Crippen LogP contribution is 2.22. The number of aliphatic hydroxyl groups is 1. The van der Waals surface area contributed by atoms with Crippen molar-refractivity contribution in [2.45, 2.75) is 39.2 Å². The summed E-state index contributed by atoms with van der Waals surface area (Å²) in [5, 5.41) is 13.3. The molecule has 2 rings (SSSR count). The molecule has 0 saturated carbocycles. The number of aliphatic imine (C=N–C) groups is 1. The smallest absolute Gasteiger partial charge is 0.193 e. The van der Waals surface area contributed by atoms with Gasteiger partial charge in [-0.15, -0.1) is 0 Å². The largest absolute Gasteiger partial charge is 0.391 e. The average molecular weight is 325 g/mol. The fourth-order valence-corrected chi connectivity index (χ4v) is 2.73. The van der Waals surface area contributed by atoms with E-state index in [9.17, 15) is 5.11 Å². The van der Waals surface area contributed by atoms with E-state index < -0.39 is 6.10 Å². The van der Waals surface area contributed by atoms with Gasteiger partial charge in [-0.25, -0.2) is 0 Å². The van der Waals surface area contributed by atoms with E-state index in [-0.39, 0.29) is 6.54 Å². The molecule has 24 heavy (non-hydrogen) atoms. The third-order valence-corrected chi connectivity index (χ3v) is 4.04. The third-order valence-electron chi connectivity index (χ3n) is 4.04. The quantitative estimate of drug-likeness (QED) is 0.541. The second kappa shape index (κ2) is 9.08. The van der Waals surface area contributed by atoms with E-state index >= 15 is 0 Å². The number of rotatable bonds is 7. The molecule has 0 aromatic heterocycles. The van der Waals surface area contributed by atoms with Crippen LogP contribution < -0.4 is 11.1 Å². The van der Waals surface area contributed by atoms with Crippen LogP contribution in [0.15, 0.2) is 53.5 Å². The third kappa shape index (κ3) is 5.10. The van der Waals surface area contributed by atoms with Crippen LogP contribution in [-0.2, 0) is 19.3 Å². The van der Waals surface area contributed by atoms with Crippen molar-refractivity contribution in [3.63, 3.8) is 0 Å². The second-order valence-corrected chi connectivity index (χ2v) is 5.85. The zero-order valence-electron chi connectivity index (χ0n) is 14.5. The second-order valence-electron chi connectivity index (χ2n) is 5.85. The summed E-state index contributed by atoms with van der Waals surface area (Å²) in [5.74, 6) is 0.345. The maximum atomic E-state index is 10.1. The first-order chi connectivity index (χ1) is 11.6. The van der Waals surface area contributed by atoms with Crippen LogP contribution in [0.25, 0.3) is 0 Å². The molecule has 0 aliphatic heterocycles. The molecule has 2 aromatic rings. The van der Waals surface area contributed by atoms with Crippen LogP contribution in [0.2, 0.25) is 0 Å². The van der Waals surface area contributed by atoms with Crippen molar-refractivity contribution in [2.24, 2.45) is 10.7 Å². The first kappa shape index (κ1) is 18.0. The molecule has 1 unspecified atom stereocenters. The van der Waals surface area contributed by atoms with Crippen molar-refractivity contribution < 1.29 is 5.11 Å². The summed E-state index contributed by atoms with van der Waals surface area (Å²) < 4.78 is 0. The highest BCUT2D eigenvalue weighted by atomic mass is 16.3. The van der Waals surface area contributed by atoms with Gasteiger partial charge in [-0.2, -0.15) is 0 Å². The number of nitrogens with one attached hydrogen (secondary N) is 1. The van der Waals surface area contributed by atoms with Gasteiger partial charge in [-0.3, -0.25) is 4.99 Å². The van der Waals surface area contributed by atoms with Crippen molar-refractivity contribution in [2.75, 3.05) is 11.9 Å². The molecule has 0 aliphatic rings. The molecular weight excluding hydrogens is 298 g/mol. The van der Waals surface area contributed by atoms with Gasteiger partial charge in [0.15, 0.2) is 5.96 Å². The van der Waals surface area contributed by atoms with Gasteiger partial charge in [0.25, 0.3) is 0 Å². The number of nitrogens with two attached hydrogens (primary N) is 1. The molecule has 0 radical (unpaired) electrons. The number of guanidine groups is 1. The number of anilines is 1. The maximum absolute atomic E-state index is 10.1. The van der Waals surface area contributed by atoms with Gasteiger partial charge in [0.05, 0.1) is 12.6 Å². The van der Waals surface area contributed by atoms with E-state index in [2.05, 4.69) is 42.4 Å². The molecular formula is C20H27N3O. The molecule has 4 nitrogen and oxygen atoms in total. The van der Waals surface area contributed by atoms with Crippen LogP contribution in [-0.4, -0.2) is 23.7 Å². The number of aliphatic hydroxyl groups excluding tert-OH is 1. The van der Waals surface area contributed by atoms with Gasteiger partial charge >= 0.3 is 0 Å². The van der Waals surface area contributed by atoms with E-state index in [0.29, 0.717) is 12.4 Å². The zero-order valence-corrected chi connectivity index (χ0v) is 14.5. The summed E-state index contributed by atoms with van der Waals surface area (Å²) in [4.78, 5) is 4.30. The molecule has 0 spiro atoms. The standard InChI is InChI=1S/C20H27N3O/c1-3-16-11-8-12-17(4-2)19(16)23-20(21)22-14-18(24)13-15-9-6-5-7-10-15/h5-12,18,24H,3-4,13-14H2,1-2H3,(H3,21,22,23). The fourth-order valence-electron chi connectivity index (χ4n) is 2.73. The summed E-state index contributed by atoms with van der Waals surface area (Å²) in [7, 11) is 0. The fraction of sp³-hybridized carbons (Fsp3) is 0.350. The Labute approximate surface area is 144 Å². The van der Waals surface area contributed by atoms with Gasteiger partial charge in [-0.1, -0.05) is 62.4 Å². The lowest BCUT2D eigenvalue weighted by Gasteiger charge is -2.15. The zero-order chi connectivity index (χ0) is 17.4. The highest BCUT2D eigenvalue weighted by Gasteiger charge is 2.08. The summed E-state index contributed by atoms with van der Waals surface area (Å²) in [6, 6.07) is 16.2. The number of hydrogen-bond acceptors (Lipinski definition) is 2. The Morgan fingerprint density at radius 1 is 1.04 bits per heavy atom. The van der Waals surface area contributed by atoms with E-state index in [0.717, 1.165) is 24.1 Å². The maximum Gasteiger partial charge on any atom is 0.193 e. The Kier molecular flexibility index (Phi) is 6.82. The van der Waals surface area contributed by atoms with Crippen LogP contribution in [0, 0.1) is 0 Å². The number of aryl methyl sites for hydroxylation is 2. The molecule has 0 bridgehead atoms. The number of nitrogens with zero attached hydrogens (tertiary/aromatic N) is 1. The van der Waals surface area contributed by atoms with Crippen LogP contribution in [0.4, 0.5) is 5.69 Å². The molecule has 2 aromatic carbocycles. The molecule has 0 aliphatic carbocycles. The van der Waals surface area contributed by atoms with Crippen molar-refractivity contribution in [3.05, 3.63) is 65.2 Å². The summed E-state index contributed by atoms with van der Waals surface area (Å²) in [6.07, 6.45) is 1.89. The minimum Gasteiger partial charge on any atom is -0.391 e. The lowest BCUT2D eigenvalue weighted by molar-refractivity contribution is 0.184. The SMILES string of the molecule is CCc1cccc(CC)c1NC(N)=NCC(O)Cc1ccccc1. The molecule has 4 heteroatoms. The normalized spacial score (nSPS) is 12.9. The lowest BCUT2D eigenvalue weighted by Crippen LogP contribution is -2.26. The monoisotopic (exact) mass is 325 g/mol. The van der Waals surface area contributed by atoms with E-state index in [1.165, 1.54) is 11.1 Å². The van der Waals surface area contributed by atoms with Crippen LogP contribution in [0.1, 0.15) is 30.5 Å². The summed E-state index contributed by atoms with van der Waals surface area (Å²) in [6.45, 7) is 4.53. The number of benzene rings is 2. The molecule has 128 valence electrons. The van der Waals surface area contributed by atoms with Gasteiger partial charge in [-0.05, 0) is 29.5 Å². The van der Waals surface area contributed by atoms with Crippen molar-refractivity contribution in [3.8, 4) is 0 Å². The number of hydrogen-bond donors (Lipinski definition) is 3. The van der Waals surface area contributed by atoms with Gasteiger partial charge in [0.2, 0.25) is 0 Å². The van der Waals surface area contributed by atoms with Crippen molar-refractivity contribution in [1.29, 1.82) is 0 Å². The number of para-hydroxylation sites is 1. The Morgan fingerprint density at radius 2 is 1.67 bits per heavy atom. The van der Waals surface area contributed by atoms with E-state index in [1.807, 2.05) is 30.3 Å².